The second-order valence-electron chi connectivity index (χ2n) is 18.6. The molecule has 14 atom stereocenters. The maximum Gasteiger partial charge on any atom is 0.187 e. The fraction of sp³-hybridized carbons (Fsp3) is 0.455. The Hall–Kier alpha value is -4.72. The molecule has 4 fully saturated rings. The van der Waals surface area contributed by atoms with Crippen LogP contribution < -0.4 is 0 Å². The normalized spacial score (nSPS) is 31.3. The van der Waals surface area contributed by atoms with Crippen molar-refractivity contribution < 1.29 is 56.8 Å². The summed E-state index contributed by atoms with van der Waals surface area (Å²) in [5.41, 5.74) is 14.0. The molecule has 71 heavy (non-hydrogen) atoms. The lowest BCUT2D eigenvalue weighted by atomic mass is 9.96. The van der Waals surface area contributed by atoms with Crippen molar-refractivity contribution in [3.05, 3.63) is 190 Å². The Balaban J connectivity index is 0.958. The smallest absolute Gasteiger partial charge is 0.187 e. The van der Waals surface area contributed by atoms with Crippen molar-refractivity contribution in [2.45, 2.75) is 145 Å². The Morgan fingerprint density at radius 3 is 1.56 bits per heavy atom. The SMILES string of the molecule is CC1O[C@@H](OC2C(OCc3ccccc3)[C@@H](N=[N+]=[N-])C(COCc3ccccc3)O[C@H]2S)C2OC(C)(C)OC2[C@H]1O[C@@H]1OC[C@@H](OCc2ccccc2)C(OCc2ccccc2)C1OCc1ccccc1. The lowest BCUT2D eigenvalue weighted by molar-refractivity contribution is -0.352. The van der Waals surface area contributed by atoms with Gasteiger partial charge in [-0.3, -0.25) is 0 Å². The molecule has 4 aliphatic rings. The summed E-state index contributed by atoms with van der Waals surface area (Å²) < 4.78 is 80.1. The largest absolute Gasteiger partial charge is 0.374 e. The van der Waals surface area contributed by atoms with Gasteiger partial charge in [-0.15, -0.1) is 12.6 Å². The Bertz CT molecular complexity index is 2410. The van der Waals surface area contributed by atoms with E-state index in [9.17, 15) is 5.53 Å². The lowest BCUT2D eigenvalue weighted by Crippen LogP contribution is -2.64. The van der Waals surface area contributed by atoms with Crippen molar-refractivity contribution in [2.75, 3.05) is 13.2 Å². The number of thiol groups is 1. The maximum absolute atomic E-state index is 9.93. The van der Waals surface area contributed by atoms with Crippen LogP contribution in [0.15, 0.2) is 157 Å². The minimum atomic E-state index is -1.07. The highest BCUT2D eigenvalue weighted by molar-refractivity contribution is 7.80. The van der Waals surface area contributed by atoms with Crippen LogP contribution >= 0.6 is 12.6 Å². The average molecular weight is 990 g/mol. The number of nitrogens with zero attached hydrogens (tertiary/aromatic N) is 3. The Labute approximate surface area is 420 Å². The molecule has 0 radical (unpaired) electrons. The first-order valence-corrected chi connectivity index (χ1v) is 24.8. The van der Waals surface area contributed by atoms with Crippen molar-refractivity contribution in [2.24, 2.45) is 5.11 Å². The van der Waals surface area contributed by atoms with Gasteiger partial charge in [0.1, 0.15) is 48.2 Å². The van der Waals surface area contributed by atoms with Crippen molar-refractivity contribution in [3.63, 3.8) is 0 Å². The zero-order valence-corrected chi connectivity index (χ0v) is 41.0. The van der Waals surface area contributed by atoms with E-state index in [2.05, 4.69) is 10.0 Å². The summed E-state index contributed by atoms with van der Waals surface area (Å²) in [6, 6.07) is 48.6. The highest BCUT2D eigenvalue weighted by atomic mass is 32.1. The van der Waals surface area contributed by atoms with E-state index in [0.717, 1.165) is 27.8 Å². The minimum Gasteiger partial charge on any atom is -0.374 e. The van der Waals surface area contributed by atoms with E-state index in [1.54, 1.807) is 0 Å². The molecule has 16 heteroatoms. The Morgan fingerprint density at radius 2 is 1.03 bits per heavy atom. The molecule has 15 nitrogen and oxygen atoms in total. The molecule has 0 aliphatic carbocycles. The van der Waals surface area contributed by atoms with Crippen molar-refractivity contribution in [3.8, 4) is 0 Å². The van der Waals surface area contributed by atoms with Crippen LogP contribution in [-0.4, -0.2) is 104 Å². The van der Waals surface area contributed by atoms with E-state index in [4.69, 9.17) is 69.5 Å². The van der Waals surface area contributed by atoms with Gasteiger partial charge in [0.2, 0.25) is 0 Å². The van der Waals surface area contributed by atoms with Gasteiger partial charge in [-0.05, 0) is 54.1 Å². The van der Waals surface area contributed by atoms with E-state index in [-0.39, 0.29) is 26.4 Å². The zero-order chi connectivity index (χ0) is 49.0. The van der Waals surface area contributed by atoms with Crippen LogP contribution in [0.2, 0.25) is 0 Å². The van der Waals surface area contributed by atoms with Crippen LogP contribution in [0, 0.1) is 0 Å². The molecule has 4 saturated heterocycles. The Morgan fingerprint density at radius 1 is 0.563 bits per heavy atom. The van der Waals surface area contributed by atoms with Crippen molar-refractivity contribution >= 4 is 12.6 Å². The first kappa shape index (κ1) is 51.2. The third-order valence-corrected chi connectivity index (χ3v) is 13.3. The van der Waals surface area contributed by atoms with Crippen LogP contribution in [-0.2, 0) is 89.9 Å². The quantitative estimate of drug-likeness (QED) is 0.0322. The molecule has 8 unspecified atom stereocenters. The number of benzene rings is 5. The van der Waals surface area contributed by atoms with Gasteiger partial charge in [-0.25, -0.2) is 0 Å². The van der Waals surface area contributed by atoms with Gasteiger partial charge in [0.25, 0.3) is 0 Å². The topological polar surface area (TPSA) is 160 Å². The molecule has 9 rings (SSSR count). The molecule has 376 valence electrons. The molecular weight excluding hydrogens is 927 g/mol. The van der Waals surface area contributed by atoms with Gasteiger partial charge in [0.15, 0.2) is 18.4 Å². The molecule has 0 aromatic heterocycles. The van der Waals surface area contributed by atoms with E-state index < -0.39 is 90.9 Å². The number of rotatable bonds is 21. The van der Waals surface area contributed by atoms with Crippen molar-refractivity contribution in [1.82, 2.24) is 0 Å². The minimum absolute atomic E-state index is 0.108. The molecule has 0 spiro atoms. The van der Waals surface area contributed by atoms with Gasteiger partial charge in [0, 0.05) is 4.91 Å². The van der Waals surface area contributed by atoms with Gasteiger partial charge < -0.3 is 56.8 Å². The summed E-state index contributed by atoms with van der Waals surface area (Å²) in [7, 11) is 0. The summed E-state index contributed by atoms with van der Waals surface area (Å²) in [6.07, 6.45) is -9.28. The highest BCUT2D eigenvalue weighted by Crippen LogP contribution is 2.42. The van der Waals surface area contributed by atoms with E-state index in [0.29, 0.717) is 19.8 Å². The summed E-state index contributed by atoms with van der Waals surface area (Å²) in [5, 5.41) is 4.23. The van der Waals surface area contributed by atoms with Crippen LogP contribution in [0.1, 0.15) is 48.6 Å². The molecule has 0 N–H and O–H groups in total. The predicted octanol–water partition coefficient (Wildman–Crippen LogP) is 9.27. The summed E-state index contributed by atoms with van der Waals surface area (Å²) in [5.74, 6) is -1.07. The van der Waals surface area contributed by atoms with Crippen LogP contribution in [0.25, 0.3) is 10.4 Å². The van der Waals surface area contributed by atoms with Crippen LogP contribution in [0.3, 0.4) is 0 Å². The van der Waals surface area contributed by atoms with Gasteiger partial charge >= 0.3 is 0 Å². The monoisotopic (exact) mass is 989 g/mol. The number of azide groups is 1. The number of hydrogen-bond acceptors (Lipinski definition) is 14. The molecule has 5 aromatic rings. The average Bonchev–Trinajstić information content (AvgIpc) is 3.73. The summed E-state index contributed by atoms with van der Waals surface area (Å²) >= 11 is 4.94. The molecule has 0 bridgehead atoms. The fourth-order valence-electron chi connectivity index (χ4n) is 9.43. The maximum atomic E-state index is 9.93. The van der Waals surface area contributed by atoms with Crippen molar-refractivity contribution in [1.29, 1.82) is 0 Å². The van der Waals surface area contributed by atoms with Crippen LogP contribution in [0.4, 0.5) is 0 Å². The zero-order valence-electron chi connectivity index (χ0n) is 40.2. The standard InChI is InChI=1S/C55H63N3O12S/c1-36-45(67-52-49(63-33-41-27-17-8-18-28-41)46(61-31-39-23-13-6-14-24-39)43(35-64-52)60-30-38-21-11-5-12-22-38)48-50(70-55(2,3)69-48)53(65-36)68-51-47(62-32-40-25-15-7-16-26-40)44(57-58-56)42(66-54(51)71)34-59-29-37-19-9-4-10-20-37/h4-28,36,42-54,71H,29-35H2,1-3H3/t36?,42?,43-,44+,45+,46?,47?,48?,49?,50?,51?,52+,53+,54+/m1/s1. The molecule has 4 aliphatic heterocycles. The van der Waals surface area contributed by atoms with Crippen LogP contribution in [0.5, 0.6) is 0 Å². The van der Waals surface area contributed by atoms with E-state index in [1.807, 2.05) is 172 Å². The number of fused-ring (bicyclic) bond motifs is 1. The third-order valence-electron chi connectivity index (χ3n) is 12.9. The van der Waals surface area contributed by atoms with Gasteiger partial charge in [-0.2, -0.15) is 0 Å². The lowest BCUT2D eigenvalue weighted by Gasteiger charge is -2.48. The molecule has 4 heterocycles. The van der Waals surface area contributed by atoms with E-state index >= 15 is 0 Å². The highest BCUT2D eigenvalue weighted by Gasteiger charge is 2.59. The Kier molecular flexibility index (Phi) is 17.9. The fourth-order valence-corrected chi connectivity index (χ4v) is 9.83. The number of hydrogen-bond donors (Lipinski definition) is 1. The van der Waals surface area contributed by atoms with Gasteiger partial charge in [-0.1, -0.05) is 157 Å². The first-order valence-electron chi connectivity index (χ1n) is 24.3. The predicted molar refractivity (Wildman–Crippen MR) is 264 cm³/mol. The molecule has 5 aromatic carbocycles. The second kappa shape index (κ2) is 24.8. The summed E-state index contributed by atoms with van der Waals surface area (Å²) in [6.45, 7) is 7.28. The summed E-state index contributed by atoms with van der Waals surface area (Å²) in [4.78, 5) is 3.23. The molecular formula is C55H63N3O12S. The first-order chi connectivity index (χ1) is 34.7. The molecule has 0 amide bonds. The van der Waals surface area contributed by atoms with E-state index in [1.165, 1.54) is 0 Å². The second-order valence-corrected chi connectivity index (χ2v) is 19.1. The third kappa shape index (κ3) is 13.5. The molecule has 0 saturated carbocycles. The van der Waals surface area contributed by atoms with Gasteiger partial charge in [0.05, 0.1) is 70.6 Å². The number of ether oxygens (including phenoxy) is 12.